The van der Waals surface area contributed by atoms with E-state index < -0.39 is 0 Å². The van der Waals surface area contributed by atoms with Crippen LogP contribution < -0.4 is 0 Å². The standard InChI is InChI=1S/C49H29N3OS/c1-3-12-30(13-4-1)31-22-24-33(25-23-31)48-50-47(32-14-5-2-6-15-32)51-49(52-48)35-26-27-42-41(29-35)44-36-17-8-7-16-34(36)28-40(45(44)53-42)39-20-11-19-38-37-18-9-10-21-43(37)54-46(38)39/h1-29H. The van der Waals surface area contributed by atoms with Crippen LogP contribution in [0.15, 0.2) is 180 Å². The van der Waals surface area contributed by atoms with Crippen LogP contribution in [0.25, 0.3) is 109 Å². The van der Waals surface area contributed by atoms with Gasteiger partial charge < -0.3 is 4.42 Å². The smallest absolute Gasteiger partial charge is 0.164 e. The molecule has 0 aliphatic rings. The third kappa shape index (κ3) is 5.01. The van der Waals surface area contributed by atoms with Crippen LogP contribution in [0.2, 0.25) is 0 Å². The summed E-state index contributed by atoms with van der Waals surface area (Å²) in [5.41, 5.74) is 9.04. The molecular formula is C49H29N3OS. The van der Waals surface area contributed by atoms with E-state index in [0.717, 1.165) is 55.1 Å². The fraction of sp³-hybridized carbons (Fsp3) is 0. The summed E-state index contributed by atoms with van der Waals surface area (Å²) in [6.07, 6.45) is 0. The van der Waals surface area contributed by atoms with Gasteiger partial charge in [0.25, 0.3) is 0 Å². The number of hydrogen-bond acceptors (Lipinski definition) is 5. The van der Waals surface area contributed by atoms with Gasteiger partial charge in [0.2, 0.25) is 0 Å². The van der Waals surface area contributed by atoms with Crippen LogP contribution in [0, 0.1) is 0 Å². The van der Waals surface area contributed by atoms with Gasteiger partial charge in [-0.15, -0.1) is 11.3 Å². The van der Waals surface area contributed by atoms with Crippen molar-refractivity contribution < 1.29 is 4.42 Å². The lowest BCUT2D eigenvalue weighted by molar-refractivity contribution is 0.670. The zero-order chi connectivity index (χ0) is 35.6. The van der Waals surface area contributed by atoms with E-state index in [-0.39, 0.29) is 0 Å². The number of benzene rings is 8. The Kier molecular flexibility index (Phi) is 7.00. The van der Waals surface area contributed by atoms with Crippen LogP contribution in [0.4, 0.5) is 0 Å². The molecule has 0 atom stereocenters. The molecular weight excluding hydrogens is 679 g/mol. The van der Waals surface area contributed by atoms with E-state index in [2.05, 4.69) is 140 Å². The second-order valence-electron chi connectivity index (χ2n) is 13.6. The molecule has 3 heterocycles. The summed E-state index contributed by atoms with van der Waals surface area (Å²) < 4.78 is 9.39. The fourth-order valence-corrected chi connectivity index (χ4v) is 8.95. The molecule has 0 bridgehead atoms. The molecule has 0 unspecified atom stereocenters. The zero-order valence-electron chi connectivity index (χ0n) is 28.9. The van der Waals surface area contributed by atoms with Crippen LogP contribution >= 0.6 is 11.3 Å². The van der Waals surface area contributed by atoms with E-state index in [0.29, 0.717) is 17.5 Å². The molecule has 0 aliphatic heterocycles. The lowest BCUT2D eigenvalue weighted by atomic mass is 9.95. The Balaban J connectivity index is 1.11. The van der Waals surface area contributed by atoms with Gasteiger partial charge in [-0.3, -0.25) is 0 Å². The quantitative estimate of drug-likeness (QED) is 0.179. The van der Waals surface area contributed by atoms with Gasteiger partial charge in [-0.05, 0) is 52.2 Å². The molecule has 3 aromatic heterocycles. The van der Waals surface area contributed by atoms with Crippen molar-refractivity contribution in [3.63, 3.8) is 0 Å². The molecule has 0 radical (unpaired) electrons. The maximum absolute atomic E-state index is 6.85. The Morgan fingerprint density at radius 1 is 0.389 bits per heavy atom. The van der Waals surface area contributed by atoms with E-state index >= 15 is 0 Å². The molecule has 0 saturated carbocycles. The highest BCUT2D eigenvalue weighted by Crippen LogP contribution is 2.46. The second kappa shape index (κ2) is 12.3. The molecule has 0 saturated heterocycles. The van der Waals surface area contributed by atoms with Crippen molar-refractivity contribution >= 4 is 64.2 Å². The van der Waals surface area contributed by atoms with Crippen molar-refractivity contribution in [3.05, 3.63) is 176 Å². The number of thiophene rings is 1. The highest BCUT2D eigenvalue weighted by atomic mass is 32.1. The minimum absolute atomic E-state index is 0.609. The van der Waals surface area contributed by atoms with Gasteiger partial charge in [0, 0.05) is 58.8 Å². The molecule has 8 aromatic carbocycles. The molecule has 4 nitrogen and oxygen atoms in total. The molecule has 0 N–H and O–H groups in total. The molecule has 54 heavy (non-hydrogen) atoms. The highest BCUT2D eigenvalue weighted by Gasteiger charge is 2.21. The van der Waals surface area contributed by atoms with E-state index in [1.807, 2.05) is 47.7 Å². The summed E-state index contributed by atoms with van der Waals surface area (Å²) in [6.45, 7) is 0. The summed E-state index contributed by atoms with van der Waals surface area (Å²) in [6, 6.07) is 61.4. The first kappa shape index (κ1) is 30.7. The summed E-state index contributed by atoms with van der Waals surface area (Å²) >= 11 is 1.84. The molecule has 0 aliphatic carbocycles. The fourth-order valence-electron chi connectivity index (χ4n) is 7.72. The number of rotatable bonds is 5. The van der Waals surface area contributed by atoms with E-state index in [1.165, 1.54) is 36.7 Å². The molecule has 11 rings (SSSR count). The van der Waals surface area contributed by atoms with Gasteiger partial charge in [-0.2, -0.15) is 0 Å². The molecule has 0 spiro atoms. The predicted octanol–water partition coefficient (Wildman–Crippen LogP) is 13.6. The highest BCUT2D eigenvalue weighted by molar-refractivity contribution is 7.26. The van der Waals surface area contributed by atoms with Crippen molar-refractivity contribution in [2.45, 2.75) is 0 Å². The van der Waals surface area contributed by atoms with Crippen LogP contribution in [-0.4, -0.2) is 15.0 Å². The Bertz CT molecular complexity index is 3200. The zero-order valence-corrected chi connectivity index (χ0v) is 29.7. The third-order valence-corrected chi connectivity index (χ3v) is 11.6. The molecule has 0 fully saturated rings. The van der Waals surface area contributed by atoms with Crippen LogP contribution in [-0.2, 0) is 0 Å². The first-order chi connectivity index (χ1) is 26.7. The summed E-state index contributed by atoms with van der Waals surface area (Å²) in [5.74, 6) is 1.86. The van der Waals surface area contributed by atoms with Crippen molar-refractivity contribution in [1.82, 2.24) is 15.0 Å². The van der Waals surface area contributed by atoms with Crippen molar-refractivity contribution in [2.75, 3.05) is 0 Å². The predicted molar refractivity (Wildman–Crippen MR) is 225 cm³/mol. The molecule has 5 heteroatoms. The first-order valence-electron chi connectivity index (χ1n) is 18.0. The van der Waals surface area contributed by atoms with Crippen LogP contribution in [0.1, 0.15) is 0 Å². The lowest BCUT2D eigenvalue weighted by Gasteiger charge is -2.09. The van der Waals surface area contributed by atoms with Crippen LogP contribution in [0.5, 0.6) is 0 Å². The van der Waals surface area contributed by atoms with Gasteiger partial charge in [0.1, 0.15) is 11.2 Å². The number of aromatic nitrogens is 3. The third-order valence-electron chi connectivity index (χ3n) is 10.3. The average molecular weight is 708 g/mol. The molecule has 11 aromatic rings. The first-order valence-corrected chi connectivity index (χ1v) is 18.8. The average Bonchev–Trinajstić information content (AvgIpc) is 3.83. The van der Waals surface area contributed by atoms with Gasteiger partial charge in [-0.1, -0.05) is 146 Å². The van der Waals surface area contributed by atoms with E-state index in [1.54, 1.807) is 0 Å². The molecule has 252 valence electrons. The maximum atomic E-state index is 6.85. The Morgan fingerprint density at radius 2 is 0.963 bits per heavy atom. The molecule has 0 amide bonds. The number of nitrogens with zero attached hydrogens (tertiary/aromatic N) is 3. The summed E-state index contributed by atoms with van der Waals surface area (Å²) in [4.78, 5) is 15.2. The van der Waals surface area contributed by atoms with Gasteiger partial charge in [-0.25, -0.2) is 15.0 Å². The number of hydrogen-bond donors (Lipinski definition) is 0. The van der Waals surface area contributed by atoms with Crippen molar-refractivity contribution in [1.29, 1.82) is 0 Å². The lowest BCUT2D eigenvalue weighted by Crippen LogP contribution is -2.00. The maximum Gasteiger partial charge on any atom is 0.164 e. The normalized spacial score (nSPS) is 11.7. The topological polar surface area (TPSA) is 51.8 Å². The van der Waals surface area contributed by atoms with Gasteiger partial charge >= 0.3 is 0 Å². The number of fused-ring (bicyclic) bond motifs is 8. The minimum Gasteiger partial charge on any atom is -0.455 e. The second-order valence-corrected chi connectivity index (χ2v) is 14.6. The Labute approximate surface area is 314 Å². The Morgan fingerprint density at radius 3 is 1.74 bits per heavy atom. The monoisotopic (exact) mass is 707 g/mol. The van der Waals surface area contributed by atoms with E-state index in [9.17, 15) is 0 Å². The number of furan rings is 1. The minimum atomic E-state index is 0.609. The van der Waals surface area contributed by atoms with E-state index in [4.69, 9.17) is 19.4 Å². The van der Waals surface area contributed by atoms with Gasteiger partial charge in [0.05, 0.1) is 0 Å². The van der Waals surface area contributed by atoms with Crippen molar-refractivity contribution in [3.8, 4) is 56.4 Å². The largest absolute Gasteiger partial charge is 0.455 e. The summed E-state index contributed by atoms with van der Waals surface area (Å²) in [5, 5.41) is 6.98. The van der Waals surface area contributed by atoms with Crippen molar-refractivity contribution in [2.24, 2.45) is 0 Å². The van der Waals surface area contributed by atoms with Gasteiger partial charge in [0.15, 0.2) is 17.5 Å². The SMILES string of the molecule is c1ccc(-c2ccc(-c3nc(-c4ccccc4)nc(-c4ccc5oc6c(-c7cccc8c7sc7ccccc78)cc7ccccc7c6c5c4)n3)cc2)cc1. The van der Waals surface area contributed by atoms with Crippen LogP contribution in [0.3, 0.4) is 0 Å². The summed E-state index contributed by atoms with van der Waals surface area (Å²) in [7, 11) is 0. The Hall–Kier alpha value is -6.95.